The topological polar surface area (TPSA) is 119 Å². The molecule has 0 aliphatic heterocycles. The van der Waals surface area contributed by atoms with Crippen LogP contribution in [-0.4, -0.2) is 53.6 Å². The SMILES string of the molecule is CCCN(CC(=O)O)C(=O)c1cc(OCC)c(OC)cc1[N+](=O)[O-]. The quantitative estimate of drug-likeness (QED) is 0.539. The second kappa shape index (κ2) is 8.70. The predicted octanol–water partition coefficient (Wildman–Crippen LogP) is 1.94. The highest BCUT2D eigenvalue weighted by molar-refractivity contribution is 6.00. The van der Waals surface area contributed by atoms with Crippen molar-refractivity contribution in [2.24, 2.45) is 0 Å². The minimum atomic E-state index is -1.20. The number of amides is 1. The highest BCUT2D eigenvalue weighted by Gasteiger charge is 2.28. The first-order valence-electron chi connectivity index (χ1n) is 7.35. The number of carboxylic acids is 1. The molecule has 0 unspecified atom stereocenters. The van der Waals surface area contributed by atoms with Gasteiger partial charge in [-0.2, -0.15) is 0 Å². The van der Waals surface area contributed by atoms with Gasteiger partial charge in [-0.05, 0) is 13.3 Å². The second-order valence-corrected chi connectivity index (χ2v) is 4.83. The summed E-state index contributed by atoms with van der Waals surface area (Å²) in [6.07, 6.45) is 0.515. The fraction of sp³-hybridized carbons (Fsp3) is 0.467. The summed E-state index contributed by atoms with van der Waals surface area (Å²) in [4.78, 5) is 35.2. The van der Waals surface area contributed by atoms with Crippen molar-refractivity contribution in [3.63, 3.8) is 0 Å². The average Bonchev–Trinajstić information content (AvgIpc) is 2.53. The van der Waals surface area contributed by atoms with Gasteiger partial charge in [0.1, 0.15) is 12.1 Å². The third-order valence-electron chi connectivity index (χ3n) is 3.12. The van der Waals surface area contributed by atoms with Crippen LogP contribution in [0.25, 0.3) is 0 Å². The van der Waals surface area contributed by atoms with Crippen LogP contribution in [0.1, 0.15) is 30.6 Å². The summed E-state index contributed by atoms with van der Waals surface area (Å²) in [7, 11) is 1.33. The molecule has 0 atom stereocenters. The third kappa shape index (κ3) is 4.58. The van der Waals surface area contributed by atoms with Crippen LogP contribution in [-0.2, 0) is 4.79 Å². The Morgan fingerprint density at radius 3 is 2.42 bits per heavy atom. The number of rotatable bonds is 9. The number of carboxylic acid groups (broad SMARTS) is 1. The molecule has 0 aliphatic carbocycles. The van der Waals surface area contributed by atoms with Crippen molar-refractivity contribution in [1.82, 2.24) is 4.90 Å². The fourth-order valence-corrected chi connectivity index (χ4v) is 2.16. The lowest BCUT2D eigenvalue weighted by Crippen LogP contribution is -2.36. The van der Waals surface area contributed by atoms with E-state index in [0.29, 0.717) is 6.42 Å². The number of benzene rings is 1. The van der Waals surface area contributed by atoms with Crippen molar-refractivity contribution in [3.05, 3.63) is 27.8 Å². The van der Waals surface area contributed by atoms with Crippen molar-refractivity contribution < 1.29 is 29.1 Å². The summed E-state index contributed by atoms with van der Waals surface area (Å²) in [6.45, 7) is 3.39. The number of hydrogen-bond donors (Lipinski definition) is 1. The van der Waals surface area contributed by atoms with Crippen LogP contribution in [0, 0.1) is 10.1 Å². The van der Waals surface area contributed by atoms with E-state index in [0.717, 1.165) is 11.0 Å². The zero-order valence-corrected chi connectivity index (χ0v) is 13.8. The summed E-state index contributed by atoms with van der Waals surface area (Å²) in [6, 6.07) is 2.32. The monoisotopic (exact) mass is 340 g/mol. The summed E-state index contributed by atoms with van der Waals surface area (Å²) in [5.41, 5.74) is -0.703. The van der Waals surface area contributed by atoms with Gasteiger partial charge >= 0.3 is 5.97 Å². The Hall–Kier alpha value is -2.84. The third-order valence-corrected chi connectivity index (χ3v) is 3.12. The Morgan fingerprint density at radius 2 is 1.96 bits per heavy atom. The highest BCUT2D eigenvalue weighted by Crippen LogP contribution is 2.35. The molecule has 0 saturated carbocycles. The van der Waals surface area contributed by atoms with E-state index < -0.39 is 29.0 Å². The van der Waals surface area contributed by atoms with Crippen LogP contribution in [0.3, 0.4) is 0 Å². The summed E-state index contributed by atoms with van der Waals surface area (Å²) in [5, 5.41) is 20.2. The first-order chi connectivity index (χ1) is 11.3. The lowest BCUT2D eigenvalue weighted by atomic mass is 10.1. The van der Waals surface area contributed by atoms with Crippen molar-refractivity contribution in [3.8, 4) is 11.5 Å². The Morgan fingerprint density at radius 1 is 1.29 bits per heavy atom. The number of carbonyl (C=O) groups excluding carboxylic acids is 1. The normalized spacial score (nSPS) is 10.1. The molecule has 0 saturated heterocycles. The lowest BCUT2D eigenvalue weighted by molar-refractivity contribution is -0.385. The van der Waals surface area contributed by atoms with E-state index in [-0.39, 0.29) is 30.2 Å². The van der Waals surface area contributed by atoms with Gasteiger partial charge in [-0.15, -0.1) is 0 Å². The van der Waals surface area contributed by atoms with E-state index in [1.54, 1.807) is 13.8 Å². The molecule has 9 heteroatoms. The summed E-state index contributed by atoms with van der Waals surface area (Å²) < 4.78 is 10.4. The van der Waals surface area contributed by atoms with Crippen molar-refractivity contribution in [2.45, 2.75) is 20.3 Å². The smallest absolute Gasteiger partial charge is 0.323 e. The molecule has 0 fully saturated rings. The van der Waals surface area contributed by atoms with Gasteiger partial charge in [0.05, 0.1) is 24.7 Å². The molecule has 1 N–H and O–H groups in total. The molecule has 132 valence electrons. The van der Waals surface area contributed by atoms with Gasteiger partial charge in [-0.3, -0.25) is 19.7 Å². The minimum Gasteiger partial charge on any atom is -0.493 e. The van der Waals surface area contributed by atoms with Gasteiger partial charge < -0.3 is 19.5 Å². The average molecular weight is 340 g/mol. The van der Waals surface area contributed by atoms with Crippen molar-refractivity contribution >= 4 is 17.6 Å². The number of hydrogen-bond acceptors (Lipinski definition) is 6. The first kappa shape index (κ1) is 19.2. The molecule has 1 aromatic rings. The zero-order valence-electron chi connectivity index (χ0n) is 13.8. The molecule has 0 heterocycles. The van der Waals surface area contributed by atoms with Gasteiger partial charge in [0.2, 0.25) is 0 Å². The summed E-state index contributed by atoms with van der Waals surface area (Å²) in [5.74, 6) is -1.63. The van der Waals surface area contributed by atoms with E-state index in [1.807, 2.05) is 0 Å². The maximum atomic E-state index is 12.6. The van der Waals surface area contributed by atoms with Gasteiger partial charge in [0, 0.05) is 12.6 Å². The largest absolute Gasteiger partial charge is 0.493 e. The molecule has 1 aromatic carbocycles. The first-order valence-corrected chi connectivity index (χ1v) is 7.35. The van der Waals surface area contributed by atoms with Crippen LogP contribution in [0.2, 0.25) is 0 Å². The number of carbonyl (C=O) groups is 2. The molecule has 9 nitrogen and oxygen atoms in total. The van der Waals surface area contributed by atoms with Gasteiger partial charge in [-0.25, -0.2) is 0 Å². The molecular formula is C15H20N2O7. The number of ether oxygens (including phenoxy) is 2. The predicted molar refractivity (Wildman–Crippen MR) is 84.6 cm³/mol. The molecule has 0 aliphatic rings. The van der Waals surface area contributed by atoms with Crippen molar-refractivity contribution in [1.29, 1.82) is 0 Å². The lowest BCUT2D eigenvalue weighted by Gasteiger charge is -2.20. The van der Waals surface area contributed by atoms with Crippen LogP contribution >= 0.6 is 0 Å². The second-order valence-electron chi connectivity index (χ2n) is 4.83. The molecule has 0 spiro atoms. The van der Waals surface area contributed by atoms with Gasteiger partial charge in [0.25, 0.3) is 11.6 Å². The van der Waals surface area contributed by atoms with E-state index in [4.69, 9.17) is 14.6 Å². The van der Waals surface area contributed by atoms with E-state index >= 15 is 0 Å². The zero-order chi connectivity index (χ0) is 18.3. The summed E-state index contributed by atoms with van der Waals surface area (Å²) >= 11 is 0. The Balaban J connectivity index is 3.41. The van der Waals surface area contributed by atoms with Crippen molar-refractivity contribution in [2.75, 3.05) is 26.8 Å². The number of aliphatic carboxylic acids is 1. The Labute approximate surface area is 138 Å². The Kier molecular flexibility index (Phi) is 6.97. The fourth-order valence-electron chi connectivity index (χ4n) is 2.16. The van der Waals surface area contributed by atoms with Gasteiger partial charge in [-0.1, -0.05) is 6.92 Å². The molecule has 1 amide bonds. The maximum absolute atomic E-state index is 12.6. The standard InChI is InChI=1S/C15H20N2O7/c1-4-6-16(9-14(18)19)15(20)10-7-13(24-5-2)12(23-3)8-11(10)17(21)22/h7-8H,4-6,9H2,1-3H3,(H,18,19). The van der Waals surface area contributed by atoms with E-state index in [9.17, 15) is 19.7 Å². The van der Waals surface area contributed by atoms with Crippen LogP contribution in [0.15, 0.2) is 12.1 Å². The van der Waals surface area contributed by atoms with Crippen LogP contribution in [0.5, 0.6) is 11.5 Å². The number of methoxy groups -OCH3 is 1. The number of nitrogens with zero attached hydrogens (tertiary/aromatic N) is 2. The number of nitro groups is 1. The molecule has 0 radical (unpaired) electrons. The molecule has 0 bridgehead atoms. The van der Waals surface area contributed by atoms with Crippen LogP contribution in [0.4, 0.5) is 5.69 Å². The molecule has 0 aromatic heterocycles. The highest BCUT2D eigenvalue weighted by atomic mass is 16.6. The van der Waals surface area contributed by atoms with Crippen LogP contribution < -0.4 is 9.47 Å². The number of nitro benzene ring substituents is 1. The molecule has 1 rings (SSSR count). The molecular weight excluding hydrogens is 320 g/mol. The van der Waals surface area contributed by atoms with Gasteiger partial charge in [0.15, 0.2) is 11.5 Å². The van der Waals surface area contributed by atoms with E-state index in [1.165, 1.54) is 13.2 Å². The Bertz CT molecular complexity index is 630. The molecule has 24 heavy (non-hydrogen) atoms. The minimum absolute atomic E-state index is 0.125. The van der Waals surface area contributed by atoms with E-state index in [2.05, 4.69) is 0 Å². The maximum Gasteiger partial charge on any atom is 0.323 e.